The SMILES string of the molecule is O=C1CCCC2=C1[C@@H](c1ccccc1)N(C(=O)c1cccc3ccccc13)c1ccccc1N2. The van der Waals surface area contributed by atoms with Gasteiger partial charge in [0.15, 0.2) is 5.78 Å². The van der Waals surface area contributed by atoms with Crippen molar-refractivity contribution in [2.75, 3.05) is 10.2 Å². The van der Waals surface area contributed by atoms with Gasteiger partial charge in [-0.25, -0.2) is 0 Å². The number of hydrogen-bond acceptors (Lipinski definition) is 3. The first-order valence-corrected chi connectivity index (χ1v) is 11.7. The van der Waals surface area contributed by atoms with Crippen LogP contribution in [0.3, 0.4) is 0 Å². The molecule has 2 aliphatic rings. The zero-order chi connectivity index (χ0) is 23.1. The number of allylic oxidation sites excluding steroid dienone is 1. The van der Waals surface area contributed by atoms with Crippen LogP contribution in [0.4, 0.5) is 11.4 Å². The summed E-state index contributed by atoms with van der Waals surface area (Å²) >= 11 is 0. The summed E-state index contributed by atoms with van der Waals surface area (Å²) in [4.78, 5) is 29.7. The largest absolute Gasteiger partial charge is 0.357 e. The second-order valence-corrected chi connectivity index (χ2v) is 8.83. The molecule has 4 nitrogen and oxygen atoms in total. The van der Waals surface area contributed by atoms with E-state index in [0.29, 0.717) is 17.6 Å². The summed E-state index contributed by atoms with van der Waals surface area (Å²) in [6.45, 7) is 0. The van der Waals surface area contributed by atoms with Crippen molar-refractivity contribution in [3.8, 4) is 0 Å². The molecule has 0 saturated carbocycles. The summed E-state index contributed by atoms with van der Waals surface area (Å²) in [5.41, 5.74) is 4.79. The number of Topliss-reactive ketones (excluding diaryl/α,β-unsaturated/α-hetero) is 1. The molecule has 0 spiro atoms. The van der Waals surface area contributed by atoms with Crippen molar-refractivity contribution in [3.63, 3.8) is 0 Å². The molecule has 0 saturated heterocycles. The molecule has 1 aliphatic heterocycles. The number of carbonyl (C=O) groups is 2. The minimum Gasteiger partial charge on any atom is -0.357 e. The molecular formula is C30H24N2O2. The molecule has 1 N–H and O–H groups in total. The normalized spacial score (nSPS) is 17.6. The van der Waals surface area contributed by atoms with Crippen LogP contribution >= 0.6 is 0 Å². The molecule has 1 heterocycles. The summed E-state index contributed by atoms with van der Waals surface area (Å²) in [6, 6.07) is 31.0. The highest BCUT2D eigenvalue weighted by Gasteiger charge is 2.39. The predicted octanol–water partition coefficient (Wildman–Crippen LogP) is 6.66. The summed E-state index contributed by atoms with van der Waals surface area (Å²) < 4.78 is 0. The minimum absolute atomic E-state index is 0.103. The molecule has 1 amide bonds. The van der Waals surface area contributed by atoms with E-state index >= 15 is 0 Å². The summed E-state index contributed by atoms with van der Waals surface area (Å²) in [5.74, 6) is -0.0156. The van der Waals surface area contributed by atoms with Crippen LogP contribution in [0, 0.1) is 0 Å². The van der Waals surface area contributed by atoms with Gasteiger partial charge in [0.05, 0.1) is 17.4 Å². The third-order valence-corrected chi connectivity index (χ3v) is 6.79. The monoisotopic (exact) mass is 444 g/mol. The number of ketones is 1. The van der Waals surface area contributed by atoms with Crippen molar-refractivity contribution in [1.82, 2.24) is 0 Å². The molecule has 4 aromatic rings. The predicted molar refractivity (Wildman–Crippen MR) is 136 cm³/mol. The lowest BCUT2D eigenvalue weighted by atomic mass is 9.85. The maximum Gasteiger partial charge on any atom is 0.259 e. The van der Waals surface area contributed by atoms with Crippen LogP contribution in [0.15, 0.2) is 108 Å². The smallest absolute Gasteiger partial charge is 0.259 e. The highest BCUT2D eigenvalue weighted by molar-refractivity contribution is 6.17. The number of nitrogens with zero attached hydrogens (tertiary/aromatic N) is 1. The standard InChI is InChI=1S/C30H24N2O2/c33-27-19-9-17-25-28(27)29(21-11-2-1-3-12-21)32(26-18-7-6-16-24(26)31-25)30(34)23-15-8-13-20-10-4-5-14-22(20)23/h1-8,10-16,18,29,31H,9,17,19H2/t29-/m1/s1. The first-order chi connectivity index (χ1) is 16.7. The van der Waals surface area contributed by atoms with E-state index in [1.165, 1.54) is 0 Å². The van der Waals surface area contributed by atoms with Crippen LogP contribution < -0.4 is 10.2 Å². The Labute approximate surface area is 198 Å². The van der Waals surface area contributed by atoms with Gasteiger partial charge in [-0.3, -0.25) is 14.5 Å². The van der Waals surface area contributed by atoms with Crippen LogP contribution in [0.1, 0.15) is 41.2 Å². The highest BCUT2D eigenvalue weighted by Crippen LogP contribution is 2.45. The Morgan fingerprint density at radius 3 is 2.41 bits per heavy atom. The number of para-hydroxylation sites is 2. The molecule has 6 rings (SSSR count). The number of benzene rings is 4. The van der Waals surface area contributed by atoms with Crippen molar-refractivity contribution >= 4 is 33.8 Å². The molecule has 4 aromatic carbocycles. The highest BCUT2D eigenvalue weighted by atomic mass is 16.2. The van der Waals surface area contributed by atoms with Crippen molar-refractivity contribution in [3.05, 3.63) is 119 Å². The number of amides is 1. The average molecular weight is 445 g/mol. The lowest BCUT2D eigenvalue weighted by Crippen LogP contribution is -2.38. The Kier molecular flexibility index (Phi) is 4.99. The molecule has 0 bridgehead atoms. The number of carbonyl (C=O) groups excluding carboxylic acids is 2. The number of rotatable bonds is 2. The molecule has 1 atom stereocenters. The molecule has 1 aliphatic carbocycles. The molecule has 4 heteroatoms. The van der Waals surface area contributed by atoms with E-state index in [9.17, 15) is 9.59 Å². The van der Waals surface area contributed by atoms with Crippen molar-refractivity contribution in [2.24, 2.45) is 0 Å². The van der Waals surface area contributed by atoms with Crippen LogP contribution in [0.25, 0.3) is 10.8 Å². The topological polar surface area (TPSA) is 49.4 Å². The first-order valence-electron chi connectivity index (χ1n) is 11.7. The maximum atomic E-state index is 14.5. The zero-order valence-electron chi connectivity index (χ0n) is 18.7. The second kappa shape index (κ2) is 8.31. The van der Waals surface area contributed by atoms with E-state index in [2.05, 4.69) is 5.32 Å². The lowest BCUT2D eigenvalue weighted by Gasteiger charge is -2.34. The number of fused-ring (bicyclic) bond motifs is 2. The van der Waals surface area contributed by atoms with E-state index in [-0.39, 0.29) is 11.7 Å². The van der Waals surface area contributed by atoms with Crippen LogP contribution in [-0.4, -0.2) is 11.7 Å². The summed E-state index contributed by atoms with van der Waals surface area (Å²) in [6.07, 6.45) is 2.09. The van der Waals surface area contributed by atoms with E-state index in [1.54, 1.807) is 0 Å². The fourth-order valence-corrected chi connectivity index (χ4v) is 5.25. The van der Waals surface area contributed by atoms with E-state index in [4.69, 9.17) is 0 Å². The Hall–Kier alpha value is -4.18. The zero-order valence-corrected chi connectivity index (χ0v) is 18.7. The fourth-order valence-electron chi connectivity index (χ4n) is 5.25. The third-order valence-electron chi connectivity index (χ3n) is 6.79. The van der Waals surface area contributed by atoms with Gasteiger partial charge in [0.2, 0.25) is 0 Å². The molecule has 0 fully saturated rings. The quantitative estimate of drug-likeness (QED) is 0.376. The molecule has 166 valence electrons. The number of anilines is 2. The van der Waals surface area contributed by atoms with Crippen LogP contribution in [0.2, 0.25) is 0 Å². The van der Waals surface area contributed by atoms with Gasteiger partial charge in [-0.2, -0.15) is 0 Å². The first kappa shape index (κ1) is 20.4. The van der Waals surface area contributed by atoms with Gasteiger partial charge in [0.25, 0.3) is 5.91 Å². The van der Waals surface area contributed by atoms with Gasteiger partial charge in [0.1, 0.15) is 0 Å². The Bertz CT molecular complexity index is 1450. The van der Waals surface area contributed by atoms with Crippen LogP contribution in [-0.2, 0) is 4.79 Å². The Balaban J connectivity index is 1.64. The van der Waals surface area contributed by atoms with Crippen LogP contribution in [0.5, 0.6) is 0 Å². The number of nitrogens with one attached hydrogen (secondary N) is 1. The maximum absolute atomic E-state index is 14.5. The average Bonchev–Trinajstić information content (AvgIpc) is 3.03. The third kappa shape index (κ3) is 3.30. The van der Waals surface area contributed by atoms with Gasteiger partial charge in [0, 0.05) is 23.3 Å². The van der Waals surface area contributed by atoms with Crippen molar-refractivity contribution in [2.45, 2.75) is 25.3 Å². The molecule has 0 unspecified atom stereocenters. The van der Waals surface area contributed by atoms with Gasteiger partial charge in [-0.05, 0) is 47.4 Å². The van der Waals surface area contributed by atoms with Crippen molar-refractivity contribution in [1.29, 1.82) is 0 Å². The second-order valence-electron chi connectivity index (χ2n) is 8.83. The van der Waals surface area contributed by atoms with Crippen molar-refractivity contribution < 1.29 is 9.59 Å². The minimum atomic E-state index is -0.508. The van der Waals surface area contributed by atoms with Gasteiger partial charge < -0.3 is 5.32 Å². The van der Waals surface area contributed by atoms with E-state index in [1.807, 2.05) is 102 Å². The Morgan fingerprint density at radius 1 is 0.794 bits per heavy atom. The molecule has 34 heavy (non-hydrogen) atoms. The summed E-state index contributed by atoms with van der Waals surface area (Å²) in [5, 5.41) is 5.45. The lowest BCUT2D eigenvalue weighted by molar-refractivity contribution is -0.116. The summed E-state index contributed by atoms with van der Waals surface area (Å²) in [7, 11) is 0. The van der Waals surface area contributed by atoms with Gasteiger partial charge in [-0.15, -0.1) is 0 Å². The molecular weight excluding hydrogens is 420 g/mol. The number of hydrogen-bond donors (Lipinski definition) is 1. The molecule has 0 radical (unpaired) electrons. The van der Waals surface area contributed by atoms with E-state index in [0.717, 1.165) is 46.2 Å². The fraction of sp³-hybridized carbons (Fsp3) is 0.133. The molecule has 0 aromatic heterocycles. The van der Waals surface area contributed by atoms with Gasteiger partial charge >= 0.3 is 0 Å². The van der Waals surface area contributed by atoms with E-state index < -0.39 is 6.04 Å². The Morgan fingerprint density at radius 2 is 1.53 bits per heavy atom. The van der Waals surface area contributed by atoms with Gasteiger partial charge in [-0.1, -0.05) is 78.9 Å².